The molecule has 0 aromatic carbocycles. The van der Waals surface area contributed by atoms with E-state index < -0.39 is 0 Å². The van der Waals surface area contributed by atoms with E-state index >= 15 is 0 Å². The van der Waals surface area contributed by atoms with Crippen molar-refractivity contribution in [3.05, 3.63) is 0 Å². The lowest BCUT2D eigenvalue weighted by Gasteiger charge is -2.34. The summed E-state index contributed by atoms with van der Waals surface area (Å²) in [5.74, 6) is 1.59. The van der Waals surface area contributed by atoms with Gasteiger partial charge in [-0.15, -0.1) is 0 Å². The number of ether oxygens (including phenoxy) is 1. The summed E-state index contributed by atoms with van der Waals surface area (Å²) in [6.45, 7) is 6.24. The highest BCUT2D eigenvalue weighted by Crippen LogP contribution is 2.29. The molecule has 1 N–H and O–H groups in total. The van der Waals surface area contributed by atoms with Gasteiger partial charge in [0.15, 0.2) is 5.96 Å². The molecular weight excluding hydrogens is 242 g/mol. The average molecular weight is 267 g/mol. The first-order chi connectivity index (χ1) is 9.15. The van der Waals surface area contributed by atoms with Crippen LogP contribution >= 0.6 is 0 Å². The molecule has 1 saturated heterocycles. The van der Waals surface area contributed by atoms with Crippen LogP contribution < -0.4 is 5.32 Å². The smallest absolute Gasteiger partial charge is 0.310 e. The molecule has 2 rings (SSSR count). The molecule has 1 aliphatic heterocycles. The third kappa shape index (κ3) is 3.61. The van der Waals surface area contributed by atoms with Gasteiger partial charge in [-0.05, 0) is 32.1 Å². The number of likely N-dealkylation sites (tertiary alicyclic amines) is 1. The lowest BCUT2D eigenvalue weighted by Crippen LogP contribution is -2.49. The quantitative estimate of drug-likeness (QED) is 0.475. The van der Waals surface area contributed by atoms with Gasteiger partial charge < -0.3 is 15.0 Å². The van der Waals surface area contributed by atoms with E-state index in [2.05, 4.69) is 22.1 Å². The Balaban J connectivity index is 1.89. The molecule has 0 aromatic rings. The average Bonchev–Trinajstić information content (AvgIpc) is 3.12. The Hall–Kier alpha value is -1.26. The largest absolute Gasteiger partial charge is 0.466 e. The van der Waals surface area contributed by atoms with Gasteiger partial charge in [0.2, 0.25) is 0 Å². The van der Waals surface area contributed by atoms with Crippen molar-refractivity contribution in [2.24, 2.45) is 16.8 Å². The van der Waals surface area contributed by atoms with E-state index in [0.29, 0.717) is 12.6 Å². The van der Waals surface area contributed by atoms with Crippen molar-refractivity contribution in [2.75, 3.05) is 26.7 Å². The Morgan fingerprint density at radius 1 is 1.53 bits per heavy atom. The zero-order valence-electron chi connectivity index (χ0n) is 12.2. The number of piperidine rings is 1. The van der Waals surface area contributed by atoms with E-state index in [1.807, 2.05) is 14.0 Å². The number of rotatable bonds is 3. The van der Waals surface area contributed by atoms with Crippen molar-refractivity contribution < 1.29 is 9.53 Å². The third-order valence-electron chi connectivity index (χ3n) is 3.98. The molecule has 2 fully saturated rings. The lowest BCUT2D eigenvalue weighted by atomic mass is 9.98. The molecule has 0 spiro atoms. The van der Waals surface area contributed by atoms with Crippen LogP contribution in [0.4, 0.5) is 0 Å². The molecule has 0 radical (unpaired) electrons. The molecule has 3 unspecified atom stereocenters. The summed E-state index contributed by atoms with van der Waals surface area (Å²) >= 11 is 0. The van der Waals surface area contributed by atoms with E-state index in [9.17, 15) is 4.79 Å². The maximum absolute atomic E-state index is 11.8. The molecule has 0 aromatic heterocycles. The first-order valence-electron chi connectivity index (χ1n) is 7.30. The molecule has 1 aliphatic carbocycles. The van der Waals surface area contributed by atoms with Crippen molar-refractivity contribution >= 4 is 11.9 Å². The summed E-state index contributed by atoms with van der Waals surface area (Å²) in [7, 11) is 1.81. The number of nitrogens with one attached hydrogen (secondary N) is 1. The minimum atomic E-state index is -0.0672. The van der Waals surface area contributed by atoms with Gasteiger partial charge in [-0.1, -0.05) is 6.92 Å². The highest BCUT2D eigenvalue weighted by atomic mass is 16.5. The van der Waals surface area contributed by atoms with Crippen molar-refractivity contribution in [1.29, 1.82) is 0 Å². The number of nitrogens with zero attached hydrogens (tertiary/aromatic N) is 2. The molecule has 1 saturated carbocycles. The molecule has 19 heavy (non-hydrogen) atoms. The van der Waals surface area contributed by atoms with E-state index in [4.69, 9.17) is 4.74 Å². The van der Waals surface area contributed by atoms with Crippen LogP contribution in [0.3, 0.4) is 0 Å². The zero-order valence-corrected chi connectivity index (χ0v) is 12.2. The number of hydrogen-bond acceptors (Lipinski definition) is 3. The molecule has 2 aliphatic rings. The standard InChI is InChI=1S/C14H25N3O2/c1-4-19-13(18)11-6-5-7-17(9-11)14(15-3)16-12-8-10(12)2/h10-12H,4-9H2,1-3H3,(H,15,16). The highest BCUT2D eigenvalue weighted by molar-refractivity contribution is 5.82. The second-order valence-electron chi connectivity index (χ2n) is 5.55. The van der Waals surface area contributed by atoms with Crippen LogP contribution in [0.2, 0.25) is 0 Å². The second kappa shape index (κ2) is 6.26. The van der Waals surface area contributed by atoms with Gasteiger partial charge in [-0.2, -0.15) is 0 Å². The fourth-order valence-corrected chi connectivity index (χ4v) is 2.61. The van der Waals surface area contributed by atoms with E-state index in [0.717, 1.165) is 37.8 Å². The fourth-order valence-electron chi connectivity index (χ4n) is 2.61. The second-order valence-corrected chi connectivity index (χ2v) is 5.55. The van der Waals surface area contributed by atoms with Crippen LogP contribution in [-0.2, 0) is 9.53 Å². The van der Waals surface area contributed by atoms with Gasteiger partial charge in [0.1, 0.15) is 0 Å². The first-order valence-corrected chi connectivity index (χ1v) is 7.30. The van der Waals surface area contributed by atoms with Gasteiger partial charge >= 0.3 is 5.97 Å². The maximum Gasteiger partial charge on any atom is 0.310 e. The molecule has 1 heterocycles. The Morgan fingerprint density at radius 2 is 2.26 bits per heavy atom. The van der Waals surface area contributed by atoms with Crippen LogP contribution in [0.1, 0.15) is 33.1 Å². The summed E-state index contributed by atoms with van der Waals surface area (Å²) in [5.41, 5.74) is 0. The number of esters is 1. The monoisotopic (exact) mass is 267 g/mol. The van der Waals surface area contributed by atoms with E-state index in [1.165, 1.54) is 6.42 Å². The molecule has 5 nitrogen and oxygen atoms in total. The highest BCUT2D eigenvalue weighted by Gasteiger charge is 2.35. The number of carbonyl (C=O) groups is 1. The normalized spacial score (nSPS) is 31.0. The van der Waals surface area contributed by atoms with Crippen LogP contribution in [0, 0.1) is 11.8 Å². The molecule has 0 amide bonds. The lowest BCUT2D eigenvalue weighted by molar-refractivity contribution is -0.149. The minimum absolute atomic E-state index is 0.0103. The van der Waals surface area contributed by atoms with Crippen molar-refractivity contribution in [3.8, 4) is 0 Å². The SMILES string of the molecule is CCOC(=O)C1CCCN(C(=NC)NC2CC2C)C1. The summed E-state index contributed by atoms with van der Waals surface area (Å²) < 4.78 is 5.13. The fraction of sp³-hybridized carbons (Fsp3) is 0.857. The molecule has 5 heteroatoms. The van der Waals surface area contributed by atoms with Crippen LogP contribution in [0.5, 0.6) is 0 Å². The van der Waals surface area contributed by atoms with Crippen LogP contribution in [0.15, 0.2) is 4.99 Å². The first kappa shape index (κ1) is 14.2. The minimum Gasteiger partial charge on any atom is -0.466 e. The Morgan fingerprint density at radius 3 is 2.84 bits per heavy atom. The number of carbonyl (C=O) groups excluding carboxylic acids is 1. The molecule has 0 bridgehead atoms. The summed E-state index contributed by atoms with van der Waals surface area (Å²) in [5, 5.41) is 3.48. The Kier molecular flexibility index (Phi) is 4.66. The maximum atomic E-state index is 11.8. The Bertz CT molecular complexity index is 357. The number of aliphatic imine (C=N–C) groups is 1. The van der Waals surface area contributed by atoms with Gasteiger partial charge in [-0.3, -0.25) is 9.79 Å². The number of guanidine groups is 1. The van der Waals surface area contributed by atoms with Crippen molar-refractivity contribution in [1.82, 2.24) is 10.2 Å². The van der Waals surface area contributed by atoms with Crippen molar-refractivity contribution in [3.63, 3.8) is 0 Å². The Labute approximate surface area is 115 Å². The van der Waals surface area contributed by atoms with Crippen LogP contribution in [-0.4, -0.2) is 49.6 Å². The third-order valence-corrected chi connectivity index (χ3v) is 3.98. The van der Waals surface area contributed by atoms with E-state index in [1.54, 1.807) is 0 Å². The van der Waals surface area contributed by atoms with Gasteiger partial charge in [0, 0.05) is 26.2 Å². The molecular formula is C14H25N3O2. The predicted molar refractivity (Wildman–Crippen MR) is 75.0 cm³/mol. The van der Waals surface area contributed by atoms with Gasteiger partial charge in [-0.25, -0.2) is 0 Å². The molecule has 3 atom stereocenters. The summed E-state index contributed by atoms with van der Waals surface area (Å²) in [4.78, 5) is 18.4. The van der Waals surface area contributed by atoms with Gasteiger partial charge in [0.05, 0.1) is 12.5 Å². The zero-order chi connectivity index (χ0) is 13.8. The summed E-state index contributed by atoms with van der Waals surface area (Å²) in [6.07, 6.45) is 3.16. The predicted octanol–water partition coefficient (Wildman–Crippen LogP) is 1.25. The van der Waals surface area contributed by atoms with Gasteiger partial charge in [0.25, 0.3) is 0 Å². The topological polar surface area (TPSA) is 53.9 Å². The van der Waals surface area contributed by atoms with Crippen molar-refractivity contribution in [2.45, 2.75) is 39.2 Å². The number of hydrogen-bond donors (Lipinski definition) is 1. The van der Waals surface area contributed by atoms with Crippen LogP contribution in [0.25, 0.3) is 0 Å². The summed E-state index contributed by atoms with van der Waals surface area (Å²) in [6, 6.07) is 0.557. The van der Waals surface area contributed by atoms with E-state index in [-0.39, 0.29) is 11.9 Å². The molecule has 108 valence electrons.